The van der Waals surface area contributed by atoms with Crippen molar-refractivity contribution >= 4 is 5.97 Å². The Kier molecular flexibility index (Phi) is 7.44. The number of hydrogen-bond acceptors (Lipinski definition) is 8. The first kappa shape index (κ1) is 32.2. The molecule has 0 aromatic heterocycles. The van der Waals surface area contributed by atoms with Crippen LogP contribution in [0.1, 0.15) is 112 Å². The van der Waals surface area contributed by atoms with Gasteiger partial charge in [-0.2, -0.15) is 0 Å². The minimum atomic E-state index is -1.12. The number of aliphatic hydroxyl groups is 1. The molecule has 0 bridgehead atoms. The van der Waals surface area contributed by atoms with Crippen LogP contribution in [0.3, 0.4) is 0 Å². The van der Waals surface area contributed by atoms with Crippen LogP contribution in [0.4, 0.5) is 0 Å². The van der Waals surface area contributed by atoms with Gasteiger partial charge in [-0.15, -0.1) is 0 Å². The van der Waals surface area contributed by atoms with Crippen LogP contribution >= 0.6 is 0 Å². The van der Waals surface area contributed by atoms with Crippen molar-refractivity contribution in [3.8, 4) is 0 Å². The molecule has 264 valence electrons. The number of carbonyl (C=O) groups excluding carboxylic acids is 1. The van der Waals surface area contributed by atoms with Crippen molar-refractivity contribution in [3.05, 3.63) is 0 Å². The lowest BCUT2D eigenvalue weighted by molar-refractivity contribution is -0.253. The third-order valence-corrected chi connectivity index (χ3v) is 16.3. The van der Waals surface area contributed by atoms with E-state index in [0.717, 1.165) is 77.4 Å². The van der Waals surface area contributed by atoms with Crippen molar-refractivity contribution in [3.63, 3.8) is 0 Å². The fourth-order valence-electron chi connectivity index (χ4n) is 13.6. The van der Waals surface area contributed by atoms with E-state index in [1.165, 1.54) is 38.5 Å². The molecule has 12 atom stereocenters. The van der Waals surface area contributed by atoms with Crippen LogP contribution in [-0.2, 0) is 28.5 Å². The van der Waals surface area contributed by atoms with Crippen LogP contribution < -0.4 is 0 Å². The highest BCUT2D eigenvalue weighted by atomic mass is 16.7. The summed E-state index contributed by atoms with van der Waals surface area (Å²) in [7, 11) is 0. The van der Waals surface area contributed by atoms with E-state index in [1.54, 1.807) is 13.8 Å². The van der Waals surface area contributed by atoms with E-state index in [1.807, 2.05) is 0 Å². The number of carbonyl (C=O) groups is 1. The van der Waals surface area contributed by atoms with Crippen molar-refractivity contribution < 1.29 is 33.6 Å². The predicted octanol–water partition coefficient (Wildman–Crippen LogP) is 5.73. The zero-order valence-electron chi connectivity index (χ0n) is 29.7. The summed E-state index contributed by atoms with van der Waals surface area (Å²) >= 11 is 0. The SMILES string of the molecule is CC12CCC34CC35CC[C@H](OC3CN(C6COC6)CCO3)C(C)(C)C5CCC4C1CC1OC([C@H](OC(=O)C3CC3)C(C)(C)O)CCC12. The number of ether oxygens (including phenoxy) is 5. The number of rotatable bonds is 7. The Morgan fingerprint density at radius 1 is 0.936 bits per heavy atom. The lowest BCUT2D eigenvalue weighted by Crippen LogP contribution is -2.58. The van der Waals surface area contributed by atoms with Crippen LogP contribution in [-0.4, -0.2) is 91.2 Å². The molecule has 2 spiro atoms. The van der Waals surface area contributed by atoms with E-state index in [2.05, 4.69) is 25.7 Å². The van der Waals surface area contributed by atoms with E-state index in [4.69, 9.17) is 23.7 Å². The van der Waals surface area contributed by atoms with Gasteiger partial charge < -0.3 is 28.8 Å². The summed E-state index contributed by atoms with van der Waals surface area (Å²) in [5.41, 5.74) is 0.311. The van der Waals surface area contributed by atoms with Crippen molar-refractivity contribution in [1.29, 1.82) is 0 Å². The lowest BCUT2D eigenvalue weighted by atomic mass is 9.46. The molecule has 3 aliphatic heterocycles. The van der Waals surface area contributed by atoms with Gasteiger partial charge in [0.05, 0.1) is 62.2 Å². The maximum atomic E-state index is 12.7. The van der Waals surface area contributed by atoms with Gasteiger partial charge in [0.2, 0.25) is 0 Å². The Morgan fingerprint density at radius 3 is 2.45 bits per heavy atom. The van der Waals surface area contributed by atoms with Crippen LogP contribution in [0.15, 0.2) is 0 Å². The van der Waals surface area contributed by atoms with Gasteiger partial charge in [-0.3, -0.25) is 9.69 Å². The Labute approximate surface area is 282 Å². The van der Waals surface area contributed by atoms with Crippen LogP contribution in [0.25, 0.3) is 0 Å². The molecule has 3 saturated heterocycles. The maximum absolute atomic E-state index is 12.7. The molecule has 6 aliphatic carbocycles. The summed E-state index contributed by atoms with van der Waals surface area (Å²) in [6.45, 7) is 15.5. The molecule has 10 unspecified atom stereocenters. The van der Waals surface area contributed by atoms with Crippen LogP contribution in [0.2, 0.25) is 0 Å². The first-order chi connectivity index (χ1) is 22.4. The number of hydrogen-bond donors (Lipinski definition) is 1. The molecule has 9 rings (SSSR count). The van der Waals surface area contributed by atoms with Crippen molar-refractivity contribution in [2.45, 2.75) is 154 Å². The zero-order valence-corrected chi connectivity index (χ0v) is 29.7. The topological polar surface area (TPSA) is 86.7 Å². The quantitative estimate of drug-likeness (QED) is 0.349. The summed E-state index contributed by atoms with van der Waals surface area (Å²) in [4.78, 5) is 15.2. The molecule has 0 radical (unpaired) electrons. The van der Waals surface area contributed by atoms with Gasteiger partial charge in [-0.25, -0.2) is 0 Å². The molecule has 8 heteroatoms. The number of esters is 1. The second kappa shape index (κ2) is 10.9. The molecule has 0 aromatic rings. The van der Waals surface area contributed by atoms with Crippen LogP contribution in [0.5, 0.6) is 0 Å². The van der Waals surface area contributed by atoms with E-state index in [0.29, 0.717) is 40.0 Å². The fourth-order valence-corrected chi connectivity index (χ4v) is 13.6. The highest BCUT2D eigenvalue weighted by molar-refractivity contribution is 5.75. The molecule has 6 saturated carbocycles. The third kappa shape index (κ3) is 4.83. The van der Waals surface area contributed by atoms with Gasteiger partial charge in [0.25, 0.3) is 0 Å². The molecule has 8 nitrogen and oxygen atoms in total. The fraction of sp³-hybridized carbons (Fsp3) is 0.974. The lowest BCUT2D eigenvalue weighted by Gasteiger charge is -2.60. The van der Waals surface area contributed by atoms with Gasteiger partial charge in [-0.05, 0) is 136 Å². The average molecular weight is 656 g/mol. The van der Waals surface area contributed by atoms with Crippen molar-refractivity contribution in [1.82, 2.24) is 4.90 Å². The Hall–Kier alpha value is -0.770. The van der Waals surface area contributed by atoms with Gasteiger partial charge in [0.1, 0.15) is 0 Å². The summed E-state index contributed by atoms with van der Waals surface area (Å²) in [5, 5.41) is 11.1. The number of nitrogens with zero attached hydrogens (tertiary/aromatic N) is 1. The minimum absolute atomic E-state index is 0.0201. The zero-order chi connectivity index (χ0) is 32.6. The standard InChI is InChI=1S/C39H61NO7/c1-35(2)30-11-9-25-27-18-29-26(8-10-28(45-29)33(36(3,4)42)47-34(41)23-6-7-23)37(27,5)14-15-38(25)22-39(30,38)13-12-31(35)46-32-19-40(16-17-44-32)24-20-43-21-24/h23-33,42H,6-22H2,1-5H3/t25?,26?,27?,28?,29?,30?,31-,32?,33-,37?,38?,39?/m0/s1. The van der Waals surface area contributed by atoms with E-state index < -0.39 is 11.7 Å². The van der Waals surface area contributed by atoms with Gasteiger partial charge in [0, 0.05) is 6.54 Å². The molecule has 9 aliphatic rings. The summed E-state index contributed by atoms with van der Waals surface area (Å²) < 4.78 is 31.6. The van der Waals surface area contributed by atoms with Crippen molar-refractivity contribution in [2.24, 2.45) is 51.2 Å². The molecule has 47 heavy (non-hydrogen) atoms. The monoisotopic (exact) mass is 655 g/mol. The largest absolute Gasteiger partial charge is 0.456 e. The Morgan fingerprint density at radius 2 is 1.72 bits per heavy atom. The Balaban J connectivity index is 0.891. The van der Waals surface area contributed by atoms with E-state index >= 15 is 0 Å². The van der Waals surface area contributed by atoms with E-state index in [9.17, 15) is 9.90 Å². The molecule has 1 N–H and O–H groups in total. The molecular formula is C39H61NO7. The number of fused-ring (bicyclic) bond motifs is 4. The van der Waals surface area contributed by atoms with Crippen molar-refractivity contribution in [2.75, 3.05) is 32.9 Å². The molecule has 3 heterocycles. The van der Waals surface area contributed by atoms with Crippen LogP contribution in [0, 0.1) is 51.2 Å². The van der Waals surface area contributed by atoms with Gasteiger partial charge in [0.15, 0.2) is 12.4 Å². The summed E-state index contributed by atoms with van der Waals surface area (Å²) in [5.74, 6) is 2.65. The first-order valence-corrected chi connectivity index (χ1v) is 19.5. The second-order valence-electron chi connectivity index (χ2n) is 19.2. The van der Waals surface area contributed by atoms with E-state index in [-0.39, 0.29) is 41.9 Å². The second-order valence-corrected chi connectivity index (χ2v) is 19.2. The Bertz CT molecular complexity index is 1240. The molecule has 0 amide bonds. The minimum Gasteiger partial charge on any atom is -0.456 e. The molecule has 9 fully saturated rings. The molecular weight excluding hydrogens is 594 g/mol. The normalized spacial score (nSPS) is 49.7. The average Bonchev–Trinajstić information content (AvgIpc) is 3.91. The number of morpholine rings is 1. The third-order valence-electron chi connectivity index (χ3n) is 16.3. The van der Waals surface area contributed by atoms with Gasteiger partial charge in [-0.1, -0.05) is 20.8 Å². The highest BCUT2D eigenvalue weighted by Crippen LogP contribution is 2.87. The summed E-state index contributed by atoms with van der Waals surface area (Å²) in [6, 6.07) is 0.537. The highest BCUT2D eigenvalue weighted by Gasteiger charge is 2.80. The molecule has 0 aromatic carbocycles. The smallest absolute Gasteiger partial charge is 0.309 e. The van der Waals surface area contributed by atoms with Gasteiger partial charge >= 0.3 is 5.97 Å². The predicted molar refractivity (Wildman–Crippen MR) is 175 cm³/mol. The first-order valence-electron chi connectivity index (χ1n) is 19.5. The summed E-state index contributed by atoms with van der Waals surface area (Å²) in [6.07, 6.45) is 13.7. The maximum Gasteiger partial charge on any atom is 0.309 e.